The molecule has 2 aliphatic rings. The van der Waals surface area contributed by atoms with E-state index < -0.39 is 0 Å². The van der Waals surface area contributed by atoms with E-state index in [-0.39, 0.29) is 0 Å². The Bertz CT molecular complexity index is 565. The molecule has 2 fully saturated rings. The first-order chi connectivity index (χ1) is 9.88. The van der Waals surface area contributed by atoms with Gasteiger partial charge in [-0.1, -0.05) is 18.2 Å². The van der Waals surface area contributed by atoms with Crippen LogP contribution >= 0.6 is 0 Å². The zero-order valence-electron chi connectivity index (χ0n) is 11.6. The second kappa shape index (κ2) is 5.04. The molecule has 2 aromatic rings. The molecule has 20 heavy (non-hydrogen) atoms. The minimum Gasteiger partial charge on any atom is -0.316 e. The van der Waals surface area contributed by atoms with Crippen LogP contribution < -0.4 is 5.32 Å². The highest BCUT2D eigenvalue weighted by Gasteiger charge is 2.35. The van der Waals surface area contributed by atoms with Gasteiger partial charge in [0, 0.05) is 31.4 Å². The maximum atomic E-state index is 4.48. The molecule has 3 heterocycles. The molecule has 0 saturated carbocycles. The lowest BCUT2D eigenvalue weighted by atomic mass is 10.0. The van der Waals surface area contributed by atoms with Crippen LogP contribution in [-0.2, 0) is 6.54 Å². The minimum atomic E-state index is 0.860. The molecule has 2 atom stereocenters. The third kappa shape index (κ3) is 2.25. The van der Waals surface area contributed by atoms with Gasteiger partial charge in [-0.25, -0.2) is 4.68 Å². The van der Waals surface area contributed by atoms with Crippen LogP contribution in [0.5, 0.6) is 0 Å². The van der Waals surface area contributed by atoms with Gasteiger partial charge in [0.15, 0.2) is 0 Å². The van der Waals surface area contributed by atoms with Gasteiger partial charge < -0.3 is 5.32 Å². The molecular formula is C16H20N4. The van der Waals surface area contributed by atoms with E-state index in [0.717, 1.165) is 24.1 Å². The third-order valence-electron chi connectivity index (χ3n) is 4.53. The van der Waals surface area contributed by atoms with Gasteiger partial charge in [-0.2, -0.15) is 5.10 Å². The van der Waals surface area contributed by atoms with Crippen LogP contribution in [0.3, 0.4) is 0 Å². The van der Waals surface area contributed by atoms with Crippen molar-refractivity contribution >= 4 is 0 Å². The van der Waals surface area contributed by atoms with Crippen LogP contribution in [-0.4, -0.2) is 40.9 Å². The quantitative estimate of drug-likeness (QED) is 0.916. The predicted molar refractivity (Wildman–Crippen MR) is 78.7 cm³/mol. The highest BCUT2D eigenvalue weighted by Crippen LogP contribution is 2.27. The minimum absolute atomic E-state index is 0.860. The van der Waals surface area contributed by atoms with E-state index in [0.29, 0.717) is 0 Å². The van der Waals surface area contributed by atoms with Gasteiger partial charge >= 0.3 is 0 Å². The van der Waals surface area contributed by atoms with E-state index in [4.69, 9.17) is 0 Å². The fourth-order valence-electron chi connectivity index (χ4n) is 3.50. The van der Waals surface area contributed by atoms with Gasteiger partial charge in [0.2, 0.25) is 0 Å². The van der Waals surface area contributed by atoms with E-state index in [2.05, 4.69) is 33.6 Å². The van der Waals surface area contributed by atoms with Crippen molar-refractivity contribution in [3.63, 3.8) is 0 Å². The Kier molecular flexibility index (Phi) is 3.05. The summed E-state index contributed by atoms with van der Waals surface area (Å²) < 4.78 is 1.97. The average Bonchev–Trinajstić information content (AvgIpc) is 3.16. The molecule has 104 valence electrons. The molecule has 4 rings (SSSR count). The highest BCUT2D eigenvalue weighted by atomic mass is 15.3. The number of hydrogen-bond donors (Lipinski definition) is 1. The molecule has 1 N–H and O–H groups in total. The maximum absolute atomic E-state index is 4.48. The molecule has 4 nitrogen and oxygen atoms in total. The lowest BCUT2D eigenvalue weighted by Gasteiger charge is -2.15. The van der Waals surface area contributed by atoms with Gasteiger partial charge in [-0.3, -0.25) is 4.90 Å². The van der Waals surface area contributed by atoms with Crippen LogP contribution in [0.1, 0.15) is 5.56 Å². The first kappa shape index (κ1) is 12.1. The molecule has 1 aromatic heterocycles. The molecule has 2 unspecified atom stereocenters. The zero-order valence-corrected chi connectivity index (χ0v) is 11.6. The van der Waals surface area contributed by atoms with Crippen molar-refractivity contribution in [2.75, 3.05) is 26.2 Å². The molecule has 0 radical (unpaired) electrons. The molecule has 0 bridgehead atoms. The van der Waals surface area contributed by atoms with E-state index in [1.807, 2.05) is 29.1 Å². The van der Waals surface area contributed by atoms with Gasteiger partial charge in [-0.15, -0.1) is 0 Å². The Balaban J connectivity index is 1.44. The number of fused-ring (bicyclic) bond motifs is 1. The summed E-state index contributed by atoms with van der Waals surface area (Å²) in [5.74, 6) is 1.72. The number of rotatable bonds is 3. The van der Waals surface area contributed by atoms with Crippen molar-refractivity contribution in [2.24, 2.45) is 11.8 Å². The number of hydrogen-bond acceptors (Lipinski definition) is 3. The molecule has 2 saturated heterocycles. The summed E-state index contributed by atoms with van der Waals surface area (Å²) in [4.78, 5) is 2.57. The standard InChI is InChI=1S/C16H20N4/c1-2-4-16(5-3-1)20-10-13(6-18-20)9-19-11-14-7-17-8-15(14)12-19/h1-6,10,14-15,17H,7-9,11-12H2. The second-order valence-electron chi connectivity index (χ2n) is 6.00. The number of aromatic nitrogens is 2. The van der Waals surface area contributed by atoms with Crippen molar-refractivity contribution in [3.05, 3.63) is 48.3 Å². The number of para-hydroxylation sites is 1. The largest absolute Gasteiger partial charge is 0.316 e. The number of nitrogens with zero attached hydrogens (tertiary/aromatic N) is 3. The molecule has 1 aromatic carbocycles. The molecule has 2 aliphatic heterocycles. The summed E-state index contributed by atoms with van der Waals surface area (Å²) in [6, 6.07) is 10.3. The SMILES string of the molecule is c1ccc(-n2cc(CN3CC4CNCC4C3)cn2)cc1. The summed E-state index contributed by atoms with van der Waals surface area (Å²) in [6.07, 6.45) is 4.15. The van der Waals surface area contributed by atoms with Gasteiger partial charge in [0.1, 0.15) is 0 Å². The summed E-state index contributed by atoms with van der Waals surface area (Å²) in [5.41, 5.74) is 2.43. The second-order valence-corrected chi connectivity index (χ2v) is 6.00. The number of likely N-dealkylation sites (tertiary alicyclic amines) is 1. The smallest absolute Gasteiger partial charge is 0.0645 e. The van der Waals surface area contributed by atoms with Crippen LogP contribution in [0.4, 0.5) is 0 Å². The van der Waals surface area contributed by atoms with Crippen molar-refractivity contribution < 1.29 is 0 Å². The van der Waals surface area contributed by atoms with Crippen LogP contribution in [0.2, 0.25) is 0 Å². The summed E-state index contributed by atoms with van der Waals surface area (Å²) in [6.45, 7) is 5.89. The fraction of sp³-hybridized carbons (Fsp3) is 0.438. The highest BCUT2D eigenvalue weighted by molar-refractivity contribution is 5.30. The van der Waals surface area contributed by atoms with Crippen LogP contribution in [0.15, 0.2) is 42.7 Å². The first-order valence-corrected chi connectivity index (χ1v) is 7.40. The molecule has 4 heteroatoms. The monoisotopic (exact) mass is 268 g/mol. The first-order valence-electron chi connectivity index (χ1n) is 7.40. The van der Waals surface area contributed by atoms with Crippen LogP contribution in [0, 0.1) is 11.8 Å². The summed E-state index contributed by atoms with van der Waals surface area (Å²) in [5, 5.41) is 7.97. The van der Waals surface area contributed by atoms with Crippen molar-refractivity contribution in [2.45, 2.75) is 6.54 Å². The normalized spacial score (nSPS) is 26.0. The Morgan fingerprint density at radius 2 is 1.85 bits per heavy atom. The lowest BCUT2D eigenvalue weighted by molar-refractivity contribution is 0.305. The zero-order chi connectivity index (χ0) is 13.4. The van der Waals surface area contributed by atoms with Gasteiger partial charge in [0.05, 0.1) is 11.9 Å². The third-order valence-corrected chi connectivity index (χ3v) is 4.53. The molecule has 0 aliphatic carbocycles. The molecule has 0 spiro atoms. The average molecular weight is 268 g/mol. The lowest BCUT2D eigenvalue weighted by Crippen LogP contribution is -2.25. The summed E-state index contributed by atoms with van der Waals surface area (Å²) >= 11 is 0. The predicted octanol–water partition coefficient (Wildman–Crippen LogP) is 1.52. The number of benzene rings is 1. The van der Waals surface area contributed by atoms with E-state index in [9.17, 15) is 0 Å². The number of nitrogens with one attached hydrogen (secondary N) is 1. The molecule has 0 amide bonds. The van der Waals surface area contributed by atoms with E-state index in [1.54, 1.807) is 0 Å². The maximum Gasteiger partial charge on any atom is 0.0645 e. The topological polar surface area (TPSA) is 33.1 Å². The van der Waals surface area contributed by atoms with Gasteiger partial charge in [-0.05, 0) is 37.1 Å². The Morgan fingerprint density at radius 1 is 1.10 bits per heavy atom. The van der Waals surface area contributed by atoms with Crippen LogP contribution in [0.25, 0.3) is 5.69 Å². The van der Waals surface area contributed by atoms with Crippen molar-refractivity contribution in [1.82, 2.24) is 20.0 Å². The Hall–Kier alpha value is -1.65. The van der Waals surface area contributed by atoms with Crippen molar-refractivity contribution in [3.8, 4) is 5.69 Å². The fourth-order valence-corrected chi connectivity index (χ4v) is 3.50. The van der Waals surface area contributed by atoms with Gasteiger partial charge in [0.25, 0.3) is 0 Å². The van der Waals surface area contributed by atoms with E-state index >= 15 is 0 Å². The molecular weight excluding hydrogens is 248 g/mol. The summed E-state index contributed by atoms with van der Waals surface area (Å²) in [7, 11) is 0. The Morgan fingerprint density at radius 3 is 2.60 bits per heavy atom. The Labute approximate surface area is 119 Å². The van der Waals surface area contributed by atoms with E-state index in [1.165, 1.54) is 31.7 Å². The van der Waals surface area contributed by atoms with Crippen molar-refractivity contribution in [1.29, 1.82) is 0 Å².